The number of nitrogens with one attached hydrogen (secondary N) is 1. The number of hydrogen-bond donors (Lipinski definition) is 2. The summed E-state index contributed by atoms with van der Waals surface area (Å²) in [6.07, 6.45) is 0.900. The molecular formula is C27H27N5O5S2. The molecule has 10 nitrogen and oxygen atoms in total. The summed E-state index contributed by atoms with van der Waals surface area (Å²) in [6.45, 7) is 5.02. The zero-order chi connectivity index (χ0) is 28.1. The lowest BCUT2D eigenvalue weighted by atomic mass is 10.0. The molecule has 0 spiro atoms. The largest absolute Gasteiger partial charge is 0.380 e. The van der Waals surface area contributed by atoms with Crippen molar-refractivity contribution in [1.29, 1.82) is 0 Å². The molecule has 0 atom stereocenters. The van der Waals surface area contributed by atoms with Gasteiger partial charge in [0.1, 0.15) is 11.3 Å². The Morgan fingerprint density at radius 3 is 2.23 bits per heavy atom. The summed E-state index contributed by atoms with van der Waals surface area (Å²) in [4.78, 5) is 12.5. The Labute approximate surface area is 226 Å². The van der Waals surface area contributed by atoms with E-state index in [1.807, 2.05) is 61.5 Å². The number of benzene rings is 3. The van der Waals surface area contributed by atoms with E-state index in [1.54, 1.807) is 6.07 Å². The van der Waals surface area contributed by atoms with E-state index in [0.717, 1.165) is 26.9 Å². The number of aromatic amines is 1. The van der Waals surface area contributed by atoms with Gasteiger partial charge in [-0.05, 0) is 38.5 Å². The van der Waals surface area contributed by atoms with E-state index in [2.05, 4.69) is 9.97 Å². The van der Waals surface area contributed by atoms with Crippen LogP contribution >= 0.6 is 0 Å². The molecule has 3 N–H and O–H groups in total. The molecule has 202 valence electrons. The van der Waals surface area contributed by atoms with Crippen LogP contribution in [0.3, 0.4) is 0 Å². The molecule has 0 bridgehead atoms. The van der Waals surface area contributed by atoms with Crippen molar-refractivity contribution in [2.75, 3.05) is 12.0 Å². The number of nitrogen functional groups attached to an aromatic ring is 1. The standard InChI is InChI=1S/C27H27N5O5S2/c1-16(2)39(35,36)32-21-14-19(15-22(37-38(4,33)34)25(21)31-27(32)28)24-23(18-11-6-5-7-12-18)29-26(30-24)20-13-9-8-10-17(20)3/h5-16H,1-4H3,(H2,28,31)(H,29,30). The Morgan fingerprint density at radius 1 is 0.923 bits per heavy atom. The van der Waals surface area contributed by atoms with Crippen molar-refractivity contribution in [1.82, 2.24) is 18.9 Å². The van der Waals surface area contributed by atoms with E-state index in [-0.39, 0.29) is 22.7 Å². The molecular weight excluding hydrogens is 538 g/mol. The summed E-state index contributed by atoms with van der Waals surface area (Å²) in [6, 6.07) is 20.3. The predicted molar refractivity (Wildman–Crippen MR) is 152 cm³/mol. The third-order valence-electron chi connectivity index (χ3n) is 6.24. The molecule has 5 rings (SSSR count). The van der Waals surface area contributed by atoms with Gasteiger partial charge in [-0.3, -0.25) is 0 Å². The van der Waals surface area contributed by atoms with Crippen LogP contribution in [0.2, 0.25) is 0 Å². The minimum Gasteiger partial charge on any atom is -0.380 e. The fourth-order valence-corrected chi connectivity index (χ4v) is 5.94. The molecule has 2 heterocycles. The molecule has 0 aliphatic rings. The van der Waals surface area contributed by atoms with Gasteiger partial charge in [-0.1, -0.05) is 54.6 Å². The van der Waals surface area contributed by atoms with Crippen molar-refractivity contribution >= 4 is 37.1 Å². The SMILES string of the molecule is Cc1ccccc1-c1nc(-c2cc(OS(C)(=O)=O)c3nc(N)n(S(=O)(=O)C(C)C)c3c2)c(-c2ccccc2)[nH]1. The fraction of sp³-hybridized carbons (Fsp3) is 0.185. The maximum atomic E-state index is 13.2. The summed E-state index contributed by atoms with van der Waals surface area (Å²) in [5.74, 6) is 0.129. The van der Waals surface area contributed by atoms with Gasteiger partial charge in [-0.25, -0.2) is 22.4 Å². The first kappa shape index (κ1) is 26.4. The Morgan fingerprint density at radius 2 is 1.59 bits per heavy atom. The maximum Gasteiger partial charge on any atom is 0.306 e. The van der Waals surface area contributed by atoms with Crippen LogP contribution in [0.5, 0.6) is 5.75 Å². The van der Waals surface area contributed by atoms with Crippen LogP contribution in [0.1, 0.15) is 19.4 Å². The second-order valence-electron chi connectivity index (χ2n) is 9.45. The normalized spacial score (nSPS) is 12.3. The highest BCUT2D eigenvalue weighted by molar-refractivity contribution is 7.90. The number of aromatic nitrogens is 4. The average molecular weight is 566 g/mol. The first-order chi connectivity index (χ1) is 18.4. The summed E-state index contributed by atoms with van der Waals surface area (Å²) >= 11 is 0. The molecule has 5 aromatic rings. The highest BCUT2D eigenvalue weighted by Gasteiger charge is 2.28. The van der Waals surface area contributed by atoms with Gasteiger partial charge >= 0.3 is 10.1 Å². The Bertz CT molecular complexity index is 1930. The number of rotatable bonds is 7. The summed E-state index contributed by atoms with van der Waals surface area (Å²) in [7, 11) is -7.96. The highest BCUT2D eigenvalue weighted by atomic mass is 32.2. The Hall–Kier alpha value is -4.16. The molecule has 0 saturated carbocycles. The third kappa shape index (κ3) is 4.88. The second kappa shape index (κ2) is 9.54. The molecule has 0 aliphatic heterocycles. The van der Waals surface area contributed by atoms with Crippen LogP contribution < -0.4 is 9.92 Å². The van der Waals surface area contributed by atoms with Crippen molar-refractivity contribution in [3.05, 3.63) is 72.3 Å². The Kier molecular flexibility index (Phi) is 6.47. The monoisotopic (exact) mass is 565 g/mol. The van der Waals surface area contributed by atoms with Crippen LogP contribution in [-0.2, 0) is 20.1 Å². The topological polar surface area (TPSA) is 150 Å². The van der Waals surface area contributed by atoms with Crippen LogP contribution in [-0.4, -0.2) is 47.3 Å². The van der Waals surface area contributed by atoms with E-state index >= 15 is 0 Å². The predicted octanol–water partition coefficient (Wildman–Crippen LogP) is 4.58. The number of aryl methyl sites for hydroxylation is 1. The average Bonchev–Trinajstić information content (AvgIpc) is 3.45. The van der Waals surface area contributed by atoms with Gasteiger partial charge in [0.25, 0.3) is 0 Å². The zero-order valence-corrected chi connectivity index (χ0v) is 23.3. The molecule has 0 fully saturated rings. The molecule has 12 heteroatoms. The molecule has 3 aromatic carbocycles. The van der Waals surface area contributed by atoms with Gasteiger partial charge in [0.15, 0.2) is 5.75 Å². The third-order valence-corrected chi connectivity index (χ3v) is 8.81. The molecule has 2 aromatic heterocycles. The number of H-pyrrole nitrogens is 1. The lowest BCUT2D eigenvalue weighted by molar-refractivity contribution is 0.495. The van der Waals surface area contributed by atoms with Crippen molar-refractivity contribution in [3.63, 3.8) is 0 Å². The number of hydrogen-bond acceptors (Lipinski definition) is 8. The molecule has 0 unspecified atom stereocenters. The Balaban J connectivity index is 1.86. The molecule has 39 heavy (non-hydrogen) atoms. The van der Waals surface area contributed by atoms with Gasteiger partial charge in [0.2, 0.25) is 16.0 Å². The van der Waals surface area contributed by atoms with E-state index in [4.69, 9.17) is 14.9 Å². The fourth-order valence-electron chi connectivity index (χ4n) is 4.35. The zero-order valence-electron chi connectivity index (χ0n) is 21.7. The molecule has 0 amide bonds. The molecule has 0 aliphatic carbocycles. The molecule has 0 radical (unpaired) electrons. The van der Waals surface area contributed by atoms with Crippen LogP contribution in [0.15, 0.2) is 66.7 Å². The van der Waals surface area contributed by atoms with Crippen molar-refractivity contribution < 1.29 is 21.0 Å². The van der Waals surface area contributed by atoms with Crippen molar-refractivity contribution in [2.45, 2.75) is 26.0 Å². The van der Waals surface area contributed by atoms with E-state index in [0.29, 0.717) is 22.8 Å². The highest BCUT2D eigenvalue weighted by Crippen LogP contribution is 2.39. The van der Waals surface area contributed by atoms with Gasteiger partial charge in [-0.15, -0.1) is 0 Å². The lowest BCUT2D eigenvalue weighted by Gasteiger charge is -2.12. The van der Waals surface area contributed by atoms with E-state index in [1.165, 1.54) is 19.9 Å². The minimum atomic E-state index is -4.00. The summed E-state index contributed by atoms with van der Waals surface area (Å²) < 4.78 is 57.1. The number of nitrogens with zero attached hydrogens (tertiary/aromatic N) is 3. The number of imidazole rings is 2. The van der Waals surface area contributed by atoms with Gasteiger partial charge < -0.3 is 14.9 Å². The van der Waals surface area contributed by atoms with E-state index in [9.17, 15) is 16.8 Å². The lowest BCUT2D eigenvalue weighted by Crippen LogP contribution is -2.23. The van der Waals surface area contributed by atoms with Crippen LogP contribution in [0.4, 0.5) is 5.95 Å². The second-order valence-corrected chi connectivity index (χ2v) is 13.4. The first-order valence-electron chi connectivity index (χ1n) is 12.0. The quantitative estimate of drug-likeness (QED) is 0.272. The van der Waals surface area contributed by atoms with Crippen LogP contribution in [0.25, 0.3) is 44.9 Å². The van der Waals surface area contributed by atoms with Crippen LogP contribution in [0, 0.1) is 6.92 Å². The van der Waals surface area contributed by atoms with Crippen molar-refractivity contribution in [3.8, 4) is 39.7 Å². The number of nitrogens with two attached hydrogens (primary N) is 1. The number of fused-ring (bicyclic) bond motifs is 1. The maximum absolute atomic E-state index is 13.2. The van der Waals surface area contributed by atoms with Gasteiger partial charge in [0.05, 0.1) is 28.4 Å². The van der Waals surface area contributed by atoms with Gasteiger partial charge in [-0.2, -0.15) is 8.42 Å². The molecule has 0 saturated heterocycles. The first-order valence-corrected chi connectivity index (χ1v) is 15.4. The van der Waals surface area contributed by atoms with Gasteiger partial charge in [0, 0.05) is 16.7 Å². The van der Waals surface area contributed by atoms with Crippen molar-refractivity contribution in [2.24, 2.45) is 0 Å². The minimum absolute atomic E-state index is 0.00169. The summed E-state index contributed by atoms with van der Waals surface area (Å²) in [5.41, 5.74) is 10.4. The summed E-state index contributed by atoms with van der Waals surface area (Å²) in [5, 5.41) is -0.821. The smallest absolute Gasteiger partial charge is 0.306 e. The van der Waals surface area contributed by atoms with E-state index < -0.39 is 25.4 Å². The number of anilines is 1.